The maximum atomic E-state index is 6.67. The molecular weight excluding hydrogens is 518 g/mol. The second kappa shape index (κ2) is 8.69. The number of rotatable bonds is 3. The first kappa shape index (κ1) is 22.7. The summed E-state index contributed by atoms with van der Waals surface area (Å²) in [5.41, 5.74) is 10.1. The van der Waals surface area contributed by atoms with E-state index in [0.717, 1.165) is 38.7 Å². The van der Waals surface area contributed by atoms with Crippen LogP contribution in [-0.2, 0) is 0 Å². The normalized spacial score (nSPS) is 11.9. The molecule has 0 bridgehead atoms. The summed E-state index contributed by atoms with van der Waals surface area (Å²) in [6.45, 7) is 0. The van der Waals surface area contributed by atoms with Gasteiger partial charge >= 0.3 is 0 Å². The lowest BCUT2D eigenvalue weighted by Gasteiger charge is -2.14. The summed E-state index contributed by atoms with van der Waals surface area (Å²) < 4.78 is 11.7. The third kappa shape index (κ3) is 3.24. The van der Waals surface area contributed by atoms with Gasteiger partial charge in [-0.15, -0.1) is 11.3 Å². The molecule has 0 fully saturated rings. The van der Waals surface area contributed by atoms with Crippen molar-refractivity contribution in [2.75, 3.05) is 0 Å². The number of aromatic nitrogens is 1. The number of benzene rings is 6. The third-order valence-corrected chi connectivity index (χ3v) is 9.36. The number of hydrogen-bond acceptors (Lipinski definition) is 2. The van der Waals surface area contributed by atoms with E-state index in [0.29, 0.717) is 0 Å². The fourth-order valence-corrected chi connectivity index (χ4v) is 7.66. The molecule has 0 aliphatic rings. The van der Waals surface area contributed by atoms with Gasteiger partial charge < -0.3 is 8.98 Å². The molecule has 3 aromatic heterocycles. The van der Waals surface area contributed by atoms with E-state index in [1.54, 1.807) is 0 Å². The molecule has 2 nitrogen and oxygen atoms in total. The van der Waals surface area contributed by atoms with Crippen LogP contribution in [0.1, 0.15) is 0 Å². The average Bonchev–Trinajstić information content (AvgIpc) is 3.70. The second-order valence-electron chi connectivity index (χ2n) is 10.5. The molecule has 192 valence electrons. The molecule has 0 saturated heterocycles. The molecule has 0 N–H and O–H groups in total. The van der Waals surface area contributed by atoms with Gasteiger partial charge in [-0.25, -0.2) is 0 Å². The van der Waals surface area contributed by atoms with Crippen LogP contribution >= 0.6 is 11.3 Å². The Hall–Kier alpha value is -5.12. The maximum Gasteiger partial charge on any atom is 0.161 e. The van der Waals surface area contributed by atoms with Crippen molar-refractivity contribution in [3.8, 4) is 27.9 Å². The molecule has 0 amide bonds. The Bertz CT molecular complexity index is 2420. The summed E-state index contributed by atoms with van der Waals surface area (Å²) in [5.74, 6) is 0. The van der Waals surface area contributed by atoms with Gasteiger partial charge in [0, 0.05) is 31.2 Å². The van der Waals surface area contributed by atoms with Gasteiger partial charge in [0.1, 0.15) is 11.1 Å². The van der Waals surface area contributed by atoms with Crippen LogP contribution in [-0.4, -0.2) is 4.57 Å². The highest BCUT2D eigenvalue weighted by Gasteiger charge is 2.23. The maximum absolute atomic E-state index is 6.67. The van der Waals surface area contributed by atoms with Crippen LogP contribution in [0.2, 0.25) is 0 Å². The SMILES string of the molecule is c1ccc(-n2c3ccccc3c3oc4cccc(-c5ccccc5-c5cccc6sc7ccccc7c56)c4c32)cc1. The van der Waals surface area contributed by atoms with Gasteiger partial charge in [-0.1, -0.05) is 97.1 Å². The van der Waals surface area contributed by atoms with Crippen molar-refractivity contribution in [1.82, 2.24) is 4.57 Å². The van der Waals surface area contributed by atoms with E-state index in [4.69, 9.17) is 4.42 Å². The van der Waals surface area contributed by atoms with Crippen molar-refractivity contribution in [2.45, 2.75) is 0 Å². The first-order valence-corrected chi connectivity index (χ1v) is 14.7. The van der Waals surface area contributed by atoms with Crippen LogP contribution in [0.25, 0.3) is 81.1 Å². The molecule has 9 rings (SSSR count). The van der Waals surface area contributed by atoms with Crippen molar-refractivity contribution < 1.29 is 4.42 Å². The molecule has 0 spiro atoms. The number of furan rings is 1. The Labute approximate surface area is 240 Å². The van der Waals surface area contributed by atoms with E-state index in [-0.39, 0.29) is 0 Å². The number of hydrogen-bond donors (Lipinski definition) is 0. The summed E-state index contributed by atoms with van der Waals surface area (Å²) in [6, 6.07) is 49.9. The van der Waals surface area contributed by atoms with Crippen molar-refractivity contribution in [2.24, 2.45) is 0 Å². The summed E-state index contributed by atoms with van der Waals surface area (Å²) in [7, 11) is 0. The zero-order valence-electron chi connectivity index (χ0n) is 22.0. The molecule has 3 heteroatoms. The largest absolute Gasteiger partial charge is 0.454 e. The number of fused-ring (bicyclic) bond motifs is 8. The minimum Gasteiger partial charge on any atom is -0.454 e. The van der Waals surface area contributed by atoms with Crippen LogP contribution < -0.4 is 0 Å². The molecule has 6 aromatic carbocycles. The van der Waals surface area contributed by atoms with Gasteiger partial charge in [0.15, 0.2) is 5.58 Å². The third-order valence-electron chi connectivity index (χ3n) is 8.23. The zero-order chi connectivity index (χ0) is 26.9. The van der Waals surface area contributed by atoms with E-state index < -0.39 is 0 Å². The van der Waals surface area contributed by atoms with Gasteiger partial charge in [0.25, 0.3) is 0 Å². The standard InChI is InChI=1S/C38H23NOS/c1-2-12-24(13-3-1)39-31-20-8-6-16-29(31)38-37(39)36-28(18-10-21-32(36)40-38)26-15-5-4-14-25(26)27-19-11-23-34-35(27)30-17-7-9-22-33(30)41-34/h1-23H. The highest BCUT2D eigenvalue weighted by molar-refractivity contribution is 7.25. The summed E-state index contributed by atoms with van der Waals surface area (Å²) in [5, 5.41) is 4.89. The lowest BCUT2D eigenvalue weighted by molar-refractivity contribution is 0.673. The molecular formula is C38H23NOS. The molecule has 0 aliphatic carbocycles. The zero-order valence-corrected chi connectivity index (χ0v) is 22.9. The van der Waals surface area contributed by atoms with Crippen molar-refractivity contribution in [3.63, 3.8) is 0 Å². The Balaban J connectivity index is 1.41. The fraction of sp³-hybridized carbons (Fsp3) is 0. The number of para-hydroxylation sites is 2. The lowest BCUT2D eigenvalue weighted by Crippen LogP contribution is -1.94. The van der Waals surface area contributed by atoms with Gasteiger partial charge in [0.2, 0.25) is 0 Å². The van der Waals surface area contributed by atoms with Gasteiger partial charge in [0.05, 0.1) is 10.9 Å². The summed E-state index contributed by atoms with van der Waals surface area (Å²) in [4.78, 5) is 0. The first-order valence-electron chi connectivity index (χ1n) is 13.9. The van der Waals surface area contributed by atoms with Crippen molar-refractivity contribution >= 4 is 64.5 Å². The minimum absolute atomic E-state index is 0.900. The van der Waals surface area contributed by atoms with Crippen LogP contribution in [0.3, 0.4) is 0 Å². The second-order valence-corrected chi connectivity index (χ2v) is 11.6. The van der Waals surface area contributed by atoms with E-state index >= 15 is 0 Å². The van der Waals surface area contributed by atoms with E-state index in [9.17, 15) is 0 Å². The predicted molar refractivity (Wildman–Crippen MR) is 174 cm³/mol. The fourth-order valence-electron chi connectivity index (χ4n) is 6.53. The highest BCUT2D eigenvalue weighted by Crippen LogP contribution is 2.46. The first-order chi connectivity index (χ1) is 20.4. The molecule has 0 aliphatic heterocycles. The molecule has 0 saturated carbocycles. The minimum atomic E-state index is 0.900. The molecule has 3 heterocycles. The van der Waals surface area contributed by atoms with Crippen LogP contribution in [0.4, 0.5) is 0 Å². The van der Waals surface area contributed by atoms with Crippen LogP contribution in [0, 0.1) is 0 Å². The smallest absolute Gasteiger partial charge is 0.161 e. The molecule has 0 unspecified atom stereocenters. The van der Waals surface area contributed by atoms with E-state index in [2.05, 4.69) is 144 Å². The molecule has 0 radical (unpaired) electrons. The summed E-state index contributed by atoms with van der Waals surface area (Å²) >= 11 is 1.86. The Morgan fingerprint density at radius 2 is 1.07 bits per heavy atom. The number of nitrogens with zero attached hydrogens (tertiary/aromatic N) is 1. The number of thiophene rings is 1. The van der Waals surface area contributed by atoms with Crippen molar-refractivity contribution in [1.29, 1.82) is 0 Å². The Morgan fingerprint density at radius 1 is 0.463 bits per heavy atom. The quantitative estimate of drug-likeness (QED) is 0.217. The monoisotopic (exact) mass is 541 g/mol. The average molecular weight is 542 g/mol. The van der Waals surface area contributed by atoms with Gasteiger partial charge in [-0.2, -0.15) is 0 Å². The molecule has 9 aromatic rings. The van der Waals surface area contributed by atoms with Gasteiger partial charge in [-0.05, 0) is 64.7 Å². The van der Waals surface area contributed by atoms with Crippen LogP contribution in [0.15, 0.2) is 144 Å². The molecule has 0 atom stereocenters. The Kier molecular flexibility index (Phi) is 4.80. The highest BCUT2D eigenvalue weighted by atomic mass is 32.1. The van der Waals surface area contributed by atoms with E-state index in [1.807, 2.05) is 11.3 Å². The van der Waals surface area contributed by atoms with Gasteiger partial charge in [-0.3, -0.25) is 0 Å². The van der Waals surface area contributed by atoms with Crippen molar-refractivity contribution in [3.05, 3.63) is 140 Å². The predicted octanol–water partition coefficient (Wildman–Crippen LogP) is 11.2. The molecule has 41 heavy (non-hydrogen) atoms. The van der Waals surface area contributed by atoms with Crippen LogP contribution in [0.5, 0.6) is 0 Å². The van der Waals surface area contributed by atoms with E-state index in [1.165, 1.54) is 42.4 Å². The lowest BCUT2D eigenvalue weighted by atomic mass is 9.90. The summed E-state index contributed by atoms with van der Waals surface area (Å²) in [6.07, 6.45) is 0. The Morgan fingerprint density at radius 3 is 1.90 bits per heavy atom. The topological polar surface area (TPSA) is 18.1 Å².